The van der Waals surface area contributed by atoms with Gasteiger partial charge in [0.05, 0.1) is 0 Å². The zero-order valence-electron chi connectivity index (χ0n) is 14.4. The molecule has 1 heterocycles. The molecule has 5 heteroatoms. The molecule has 0 fully saturated rings. The lowest BCUT2D eigenvalue weighted by Gasteiger charge is -2.35. The van der Waals surface area contributed by atoms with Crippen LogP contribution in [0.5, 0.6) is 0 Å². The number of carbonyl (C=O) groups is 1. The molecule has 0 aliphatic carbocycles. The van der Waals surface area contributed by atoms with E-state index in [0.717, 1.165) is 5.56 Å². The number of carbonyl (C=O) groups excluding carboxylic acids is 1. The summed E-state index contributed by atoms with van der Waals surface area (Å²) >= 11 is 12.2. The topological polar surface area (TPSA) is 40.5 Å². The van der Waals surface area contributed by atoms with Crippen LogP contribution >= 0.6 is 23.2 Å². The molecule has 3 nitrogen and oxygen atoms in total. The number of rotatable bonds is 4. The first kappa shape index (κ1) is 18.1. The molecule has 0 spiro atoms. The molecule has 1 atom stereocenters. The summed E-state index contributed by atoms with van der Waals surface area (Å²) in [4.78, 5) is 14.6. The molecule has 0 radical (unpaired) electrons. The Kier molecular flexibility index (Phi) is 4.68. The molecule has 27 heavy (non-hydrogen) atoms. The van der Waals surface area contributed by atoms with Crippen LogP contribution in [0.2, 0.25) is 10.0 Å². The molecule has 4 rings (SSSR count). The lowest BCUT2D eigenvalue weighted by molar-refractivity contribution is -0.0493. The zero-order valence-corrected chi connectivity index (χ0v) is 15.9. The van der Waals surface area contributed by atoms with E-state index in [4.69, 9.17) is 23.2 Å². The minimum absolute atomic E-state index is 0.193. The van der Waals surface area contributed by atoms with E-state index in [2.05, 4.69) is 0 Å². The van der Waals surface area contributed by atoms with Crippen molar-refractivity contribution in [1.29, 1.82) is 0 Å². The smallest absolute Gasteiger partial charge is 0.257 e. The fraction of sp³-hybridized carbons (Fsp3) is 0.136. The summed E-state index contributed by atoms with van der Waals surface area (Å²) < 4.78 is 0. The third-order valence-electron chi connectivity index (χ3n) is 4.97. The quantitative estimate of drug-likeness (QED) is 0.680. The Bertz CT molecular complexity index is 1010. The lowest BCUT2D eigenvalue weighted by Crippen LogP contribution is -2.45. The second kappa shape index (κ2) is 7.01. The summed E-state index contributed by atoms with van der Waals surface area (Å²) in [5.41, 5.74) is 1.15. The Labute approximate surface area is 167 Å². The van der Waals surface area contributed by atoms with Crippen molar-refractivity contribution < 1.29 is 9.90 Å². The number of hydrogen-bond donors (Lipinski definition) is 1. The van der Waals surface area contributed by atoms with Gasteiger partial charge >= 0.3 is 0 Å². The molecule has 3 aromatic rings. The van der Waals surface area contributed by atoms with Crippen molar-refractivity contribution in [2.75, 3.05) is 6.54 Å². The first-order valence-electron chi connectivity index (χ1n) is 8.65. The minimum Gasteiger partial charge on any atom is -0.363 e. The van der Waals surface area contributed by atoms with Gasteiger partial charge in [-0.3, -0.25) is 4.79 Å². The molecule has 1 aliphatic heterocycles. The summed E-state index contributed by atoms with van der Waals surface area (Å²) in [6.07, 6.45) is 0.505. The number of aliphatic hydroxyl groups is 1. The first-order valence-corrected chi connectivity index (χ1v) is 9.40. The highest BCUT2D eigenvalue weighted by atomic mass is 35.5. The van der Waals surface area contributed by atoms with E-state index in [1.54, 1.807) is 24.3 Å². The maximum atomic E-state index is 13.1. The summed E-state index contributed by atoms with van der Waals surface area (Å²) in [5, 5.41) is 12.8. The summed E-state index contributed by atoms with van der Waals surface area (Å²) in [6.45, 7) is 0.320. The molecule has 0 saturated heterocycles. The van der Waals surface area contributed by atoms with Crippen LogP contribution in [0, 0.1) is 0 Å². The van der Waals surface area contributed by atoms with Gasteiger partial charge < -0.3 is 10.0 Å². The van der Waals surface area contributed by atoms with Gasteiger partial charge in [0.2, 0.25) is 0 Å². The Hall–Kier alpha value is -2.33. The predicted octanol–water partition coefficient (Wildman–Crippen LogP) is 4.89. The molecular weight excluding hydrogens is 381 g/mol. The van der Waals surface area contributed by atoms with E-state index in [1.165, 1.54) is 4.90 Å². The van der Waals surface area contributed by atoms with Crippen LogP contribution in [-0.4, -0.2) is 22.5 Å². The van der Waals surface area contributed by atoms with Crippen molar-refractivity contribution >= 4 is 29.1 Å². The van der Waals surface area contributed by atoms with Gasteiger partial charge in [-0.1, -0.05) is 77.8 Å². The second-order valence-corrected chi connectivity index (χ2v) is 7.37. The van der Waals surface area contributed by atoms with Gasteiger partial charge in [-0.05, 0) is 30.2 Å². The van der Waals surface area contributed by atoms with Gasteiger partial charge in [0.25, 0.3) is 5.91 Å². The predicted molar refractivity (Wildman–Crippen MR) is 107 cm³/mol. The van der Waals surface area contributed by atoms with Gasteiger partial charge in [0.15, 0.2) is 5.72 Å². The highest BCUT2D eigenvalue weighted by Gasteiger charge is 2.49. The molecule has 1 aliphatic rings. The van der Waals surface area contributed by atoms with Crippen LogP contribution in [0.3, 0.4) is 0 Å². The monoisotopic (exact) mass is 397 g/mol. The number of hydrogen-bond acceptors (Lipinski definition) is 2. The maximum Gasteiger partial charge on any atom is 0.257 e. The lowest BCUT2D eigenvalue weighted by atomic mass is 9.93. The van der Waals surface area contributed by atoms with Crippen LogP contribution in [0.1, 0.15) is 27.0 Å². The van der Waals surface area contributed by atoms with Crippen molar-refractivity contribution in [3.8, 4) is 0 Å². The summed E-state index contributed by atoms with van der Waals surface area (Å²) in [5.74, 6) is -0.193. The molecule has 0 aromatic heterocycles. The molecule has 1 unspecified atom stereocenters. The van der Waals surface area contributed by atoms with E-state index in [1.807, 2.05) is 48.5 Å². The van der Waals surface area contributed by atoms with Gasteiger partial charge in [0.1, 0.15) is 0 Å². The zero-order chi connectivity index (χ0) is 19.0. The molecule has 136 valence electrons. The Morgan fingerprint density at radius 3 is 2.37 bits per heavy atom. The Balaban J connectivity index is 1.73. The normalized spacial score (nSPS) is 18.6. The maximum absolute atomic E-state index is 13.1. The van der Waals surface area contributed by atoms with Gasteiger partial charge in [-0.15, -0.1) is 0 Å². The van der Waals surface area contributed by atoms with E-state index >= 15 is 0 Å². The molecular formula is C22H17Cl2NO2. The average molecular weight is 398 g/mol. The van der Waals surface area contributed by atoms with Crippen LogP contribution in [0.15, 0.2) is 72.8 Å². The largest absolute Gasteiger partial charge is 0.363 e. The third kappa shape index (κ3) is 3.02. The van der Waals surface area contributed by atoms with Crippen molar-refractivity contribution in [2.24, 2.45) is 0 Å². The number of nitrogens with zero attached hydrogens (tertiary/aromatic N) is 1. The van der Waals surface area contributed by atoms with Crippen LogP contribution in [-0.2, 0) is 12.1 Å². The van der Waals surface area contributed by atoms with E-state index in [-0.39, 0.29) is 5.91 Å². The molecule has 1 amide bonds. The Morgan fingerprint density at radius 2 is 1.63 bits per heavy atom. The van der Waals surface area contributed by atoms with Crippen molar-refractivity contribution in [3.05, 3.63) is 105 Å². The standard InChI is InChI=1S/C22H17Cl2NO2/c23-17-11-10-15(20(24)14-17)12-13-25-21(26)18-8-4-5-9-19(18)22(25,27)16-6-2-1-3-7-16/h1-11,14,27H,12-13H2. The molecule has 0 saturated carbocycles. The number of halogens is 2. The SMILES string of the molecule is O=C1c2ccccc2C(O)(c2ccccc2)N1CCc1ccc(Cl)cc1Cl. The third-order valence-corrected chi connectivity index (χ3v) is 5.55. The Morgan fingerprint density at radius 1 is 0.926 bits per heavy atom. The number of benzene rings is 3. The fourth-order valence-electron chi connectivity index (χ4n) is 3.61. The first-order chi connectivity index (χ1) is 13.0. The fourth-order valence-corrected chi connectivity index (χ4v) is 4.12. The number of amides is 1. The molecule has 1 N–H and O–H groups in total. The minimum atomic E-state index is -1.51. The van der Waals surface area contributed by atoms with Crippen LogP contribution in [0.25, 0.3) is 0 Å². The molecule has 3 aromatic carbocycles. The summed E-state index contributed by atoms with van der Waals surface area (Å²) in [6, 6.07) is 21.7. The summed E-state index contributed by atoms with van der Waals surface area (Å²) in [7, 11) is 0. The van der Waals surface area contributed by atoms with Crippen molar-refractivity contribution in [2.45, 2.75) is 12.1 Å². The van der Waals surface area contributed by atoms with Crippen LogP contribution in [0.4, 0.5) is 0 Å². The average Bonchev–Trinajstić information content (AvgIpc) is 2.91. The van der Waals surface area contributed by atoms with Crippen LogP contribution < -0.4 is 0 Å². The van der Waals surface area contributed by atoms with Gasteiger partial charge in [-0.2, -0.15) is 0 Å². The highest BCUT2D eigenvalue weighted by Crippen LogP contribution is 2.42. The molecule has 0 bridgehead atoms. The van der Waals surface area contributed by atoms with Crippen molar-refractivity contribution in [3.63, 3.8) is 0 Å². The van der Waals surface area contributed by atoms with E-state index in [9.17, 15) is 9.90 Å². The van der Waals surface area contributed by atoms with Crippen molar-refractivity contribution in [1.82, 2.24) is 4.90 Å². The highest BCUT2D eigenvalue weighted by molar-refractivity contribution is 6.35. The number of fused-ring (bicyclic) bond motifs is 1. The van der Waals surface area contributed by atoms with Gasteiger partial charge in [-0.25, -0.2) is 0 Å². The second-order valence-electron chi connectivity index (χ2n) is 6.53. The van der Waals surface area contributed by atoms with Gasteiger partial charge in [0, 0.05) is 33.3 Å². The van der Waals surface area contributed by atoms with E-state index in [0.29, 0.717) is 39.7 Å². The van der Waals surface area contributed by atoms with E-state index < -0.39 is 5.72 Å².